The van der Waals surface area contributed by atoms with E-state index in [1.165, 1.54) is 13.8 Å². The Hall–Kier alpha value is -3.26. The zero-order valence-electron chi connectivity index (χ0n) is 12.9. The Balaban J connectivity index is 2.39. The average molecular weight is 307 g/mol. The van der Waals surface area contributed by atoms with Gasteiger partial charge >= 0.3 is 0 Å². The van der Waals surface area contributed by atoms with Crippen molar-refractivity contribution in [2.75, 3.05) is 16.4 Å². The molecule has 0 aliphatic carbocycles. The van der Waals surface area contributed by atoms with Crippen LogP contribution in [0, 0.1) is 11.8 Å². The quantitative estimate of drug-likeness (QED) is 0.589. The SMILES string of the molecule is CC(=O)Nc1ccc(C#Cc2ccccc2N)c(NC(C)=O)c1. The van der Waals surface area contributed by atoms with Gasteiger partial charge in [-0.2, -0.15) is 0 Å². The second kappa shape index (κ2) is 7.14. The molecule has 23 heavy (non-hydrogen) atoms. The summed E-state index contributed by atoms with van der Waals surface area (Å²) in [6, 6.07) is 12.4. The summed E-state index contributed by atoms with van der Waals surface area (Å²) < 4.78 is 0. The molecule has 0 fully saturated rings. The maximum absolute atomic E-state index is 11.4. The molecule has 0 unspecified atom stereocenters. The highest BCUT2D eigenvalue weighted by Gasteiger charge is 2.05. The third-order valence-electron chi connectivity index (χ3n) is 2.94. The van der Waals surface area contributed by atoms with E-state index in [4.69, 9.17) is 5.73 Å². The molecule has 0 atom stereocenters. The molecule has 0 aliphatic rings. The van der Waals surface area contributed by atoms with Crippen LogP contribution in [0.5, 0.6) is 0 Å². The van der Waals surface area contributed by atoms with E-state index < -0.39 is 0 Å². The number of nitrogen functional groups attached to an aromatic ring is 1. The fraction of sp³-hybridized carbons (Fsp3) is 0.111. The minimum absolute atomic E-state index is 0.185. The van der Waals surface area contributed by atoms with Crippen molar-refractivity contribution in [3.8, 4) is 11.8 Å². The predicted octanol–water partition coefficient (Wildman–Crippen LogP) is 2.59. The van der Waals surface area contributed by atoms with Crippen LogP contribution in [0.25, 0.3) is 0 Å². The van der Waals surface area contributed by atoms with Crippen molar-refractivity contribution < 1.29 is 9.59 Å². The normalized spacial score (nSPS) is 9.48. The molecule has 0 heterocycles. The zero-order valence-corrected chi connectivity index (χ0v) is 12.9. The largest absolute Gasteiger partial charge is 0.398 e. The minimum atomic E-state index is -0.216. The number of hydrogen-bond acceptors (Lipinski definition) is 3. The van der Waals surface area contributed by atoms with Crippen LogP contribution >= 0.6 is 0 Å². The smallest absolute Gasteiger partial charge is 0.221 e. The molecule has 2 amide bonds. The molecule has 4 N–H and O–H groups in total. The lowest BCUT2D eigenvalue weighted by Crippen LogP contribution is -2.10. The maximum Gasteiger partial charge on any atom is 0.221 e. The van der Waals surface area contributed by atoms with Crippen LogP contribution in [0.2, 0.25) is 0 Å². The molecule has 0 radical (unpaired) electrons. The van der Waals surface area contributed by atoms with E-state index in [0.29, 0.717) is 28.2 Å². The highest BCUT2D eigenvalue weighted by molar-refractivity contribution is 5.93. The first-order chi connectivity index (χ1) is 11.0. The van der Waals surface area contributed by atoms with Gasteiger partial charge in [0.05, 0.1) is 5.69 Å². The fourth-order valence-corrected chi connectivity index (χ4v) is 1.97. The van der Waals surface area contributed by atoms with Crippen molar-refractivity contribution in [3.05, 3.63) is 53.6 Å². The van der Waals surface area contributed by atoms with Crippen molar-refractivity contribution in [2.24, 2.45) is 0 Å². The molecule has 0 bridgehead atoms. The lowest BCUT2D eigenvalue weighted by atomic mass is 10.1. The summed E-state index contributed by atoms with van der Waals surface area (Å²) in [5.41, 5.74) is 8.93. The van der Waals surface area contributed by atoms with Gasteiger partial charge in [-0.25, -0.2) is 0 Å². The average Bonchev–Trinajstić information content (AvgIpc) is 2.47. The second-order valence-corrected chi connectivity index (χ2v) is 4.96. The van der Waals surface area contributed by atoms with Gasteiger partial charge in [-0.1, -0.05) is 24.0 Å². The molecule has 5 nitrogen and oxygen atoms in total. The van der Waals surface area contributed by atoms with E-state index in [0.717, 1.165) is 0 Å². The molecule has 2 aromatic rings. The predicted molar refractivity (Wildman–Crippen MR) is 91.9 cm³/mol. The van der Waals surface area contributed by atoms with Crippen LogP contribution in [-0.4, -0.2) is 11.8 Å². The summed E-state index contributed by atoms with van der Waals surface area (Å²) in [6.45, 7) is 2.83. The topological polar surface area (TPSA) is 84.2 Å². The first-order valence-electron chi connectivity index (χ1n) is 7.01. The highest BCUT2D eigenvalue weighted by atomic mass is 16.2. The van der Waals surface area contributed by atoms with Crippen LogP contribution < -0.4 is 16.4 Å². The summed E-state index contributed by atoms with van der Waals surface area (Å²) in [5, 5.41) is 5.38. The molecular formula is C18H17N3O2. The van der Waals surface area contributed by atoms with Gasteiger partial charge in [0.25, 0.3) is 0 Å². The van der Waals surface area contributed by atoms with E-state index >= 15 is 0 Å². The van der Waals surface area contributed by atoms with Gasteiger partial charge in [0, 0.05) is 36.3 Å². The third-order valence-corrected chi connectivity index (χ3v) is 2.94. The standard InChI is InChI=1S/C18H17N3O2/c1-12(22)20-16-10-9-15(18(11-16)21-13(2)23)8-7-14-5-3-4-6-17(14)19/h3-6,9-11H,19H2,1-2H3,(H,20,22)(H,21,23). The van der Waals surface area contributed by atoms with Gasteiger partial charge in [-0.3, -0.25) is 9.59 Å². The van der Waals surface area contributed by atoms with Crippen LogP contribution in [0.1, 0.15) is 25.0 Å². The Bertz CT molecular complexity index is 817. The van der Waals surface area contributed by atoms with Crippen LogP contribution in [0.4, 0.5) is 17.1 Å². The van der Waals surface area contributed by atoms with Gasteiger partial charge in [0.1, 0.15) is 0 Å². The van der Waals surface area contributed by atoms with Crippen LogP contribution in [0.3, 0.4) is 0 Å². The van der Waals surface area contributed by atoms with Gasteiger partial charge in [-0.05, 0) is 30.3 Å². The highest BCUT2D eigenvalue weighted by Crippen LogP contribution is 2.21. The van der Waals surface area contributed by atoms with Crippen molar-refractivity contribution in [2.45, 2.75) is 13.8 Å². The number of nitrogens with two attached hydrogens (primary N) is 1. The Morgan fingerprint density at radius 3 is 2.22 bits per heavy atom. The number of para-hydroxylation sites is 1. The van der Waals surface area contributed by atoms with Gasteiger partial charge in [0.2, 0.25) is 11.8 Å². The molecule has 0 aliphatic heterocycles. The summed E-state index contributed by atoms with van der Waals surface area (Å²) in [7, 11) is 0. The number of benzene rings is 2. The Morgan fingerprint density at radius 2 is 1.57 bits per heavy atom. The lowest BCUT2D eigenvalue weighted by Gasteiger charge is -2.09. The van der Waals surface area contributed by atoms with Crippen molar-refractivity contribution in [3.63, 3.8) is 0 Å². The molecule has 5 heteroatoms. The monoisotopic (exact) mass is 307 g/mol. The van der Waals surface area contributed by atoms with Crippen LogP contribution in [0.15, 0.2) is 42.5 Å². The van der Waals surface area contributed by atoms with Gasteiger partial charge < -0.3 is 16.4 Å². The third kappa shape index (κ3) is 4.61. The number of hydrogen-bond donors (Lipinski definition) is 3. The van der Waals surface area contributed by atoms with Crippen molar-refractivity contribution in [1.29, 1.82) is 0 Å². The van der Waals surface area contributed by atoms with E-state index in [1.54, 1.807) is 24.3 Å². The second-order valence-electron chi connectivity index (χ2n) is 4.96. The lowest BCUT2D eigenvalue weighted by molar-refractivity contribution is -0.115. The summed E-state index contributed by atoms with van der Waals surface area (Å²) >= 11 is 0. The molecule has 0 saturated carbocycles. The number of amides is 2. The van der Waals surface area contributed by atoms with Crippen molar-refractivity contribution in [1.82, 2.24) is 0 Å². The first-order valence-corrected chi connectivity index (χ1v) is 7.01. The number of nitrogens with one attached hydrogen (secondary N) is 2. The Labute approximate surface area is 134 Å². The molecule has 0 aromatic heterocycles. The number of carbonyl (C=O) groups excluding carboxylic acids is 2. The van der Waals surface area contributed by atoms with Gasteiger partial charge in [-0.15, -0.1) is 0 Å². The maximum atomic E-state index is 11.4. The molecule has 0 spiro atoms. The molecular weight excluding hydrogens is 290 g/mol. The minimum Gasteiger partial charge on any atom is -0.398 e. The van der Waals surface area contributed by atoms with E-state index in [9.17, 15) is 9.59 Å². The zero-order chi connectivity index (χ0) is 16.8. The Kier molecular flexibility index (Phi) is 5.00. The molecule has 0 saturated heterocycles. The van der Waals surface area contributed by atoms with E-state index in [-0.39, 0.29) is 11.8 Å². The molecule has 2 aromatic carbocycles. The van der Waals surface area contributed by atoms with E-state index in [1.807, 2.05) is 18.2 Å². The van der Waals surface area contributed by atoms with E-state index in [2.05, 4.69) is 22.5 Å². The number of anilines is 3. The number of rotatable bonds is 2. The Morgan fingerprint density at radius 1 is 0.913 bits per heavy atom. The first kappa shape index (κ1) is 16.1. The summed E-state index contributed by atoms with van der Waals surface area (Å²) in [4.78, 5) is 22.5. The molecule has 116 valence electrons. The summed E-state index contributed by atoms with van der Waals surface area (Å²) in [5.74, 6) is 5.59. The van der Waals surface area contributed by atoms with Gasteiger partial charge in [0.15, 0.2) is 0 Å². The number of carbonyl (C=O) groups is 2. The summed E-state index contributed by atoms with van der Waals surface area (Å²) in [6.07, 6.45) is 0. The molecule has 2 rings (SSSR count). The van der Waals surface area contributed by atoms with Crippen LogP contribution in [-0.2, 0) is 9.59 Å². The van der Waals surface area contributed by atoms with Crippen molar-refractivity contribution >= 4 is 28.9 Å². The fourth-order valence-electron chi connectivity index (χ4n) is 1.97.